The van der Waals surface area contributed by atoms with Gasteiger partial charge in [0.05, 0.1) is 18.1 Å². The molecule has 2 aromatic heterocycles. The number of aromatic amines is 1. The van der Waals surface area contributed by atoms with Gasteiger partial charge in [-0.2, -0.15) is 5.10 Å². The number of H-pyrrole nitrogens is 1. The van der Waals surface area contributed by atoms with E-state index in [1.807, 2.05) is 55.5 Å². The molecule has 0 bridgehead atoms. The third-order valence-electron chi connectivity index (χ3n) is 4.83. The van der Waals surface area contributed by atoms with E-state index >= 15 is 0 Å². The maximum absolute atomic E-state index is 12.8. The molecular formula is C24H30N6O. The SMILES string of the molecule is C/C=C/C=C\C(\C=C\c1cn[nH]c1C(=O)Nc1ccc(N2CCNCC2)nc1)=C/CC. The second-order valence-corrected chi connectivity index (χ2v) is 7.13. The molecule has 1 aliphatic rings. The van der Waals surface area contributed by atoms with E-state index in [1.54, 1.807) is 12.4 Å². The highest BCUT2D eigenvalue weighted by Gasteiger charge is 2.14. The zero-order valence-corrected chi connectivity index (χ0v) is 18.1. The standard InChI is InChI=1S/C24H30N6O/c1-3-5-6-8-19(7-4-2)9-10-20-17-27-29-23(20)24(31)28-21-11-12-22(26-18-21)30-15-13-25-14-16-30/h3,5-12,17-18,25H,4,13-16H2,1-2H3,(H,27,29)(H,28,31)/b5-3+,8-6-,10-9+,19-7+. The van der Waals surface area contributed by atoms with Gasteiger partial charge in [0, 0.05) is 31.7 Å². The van der Waals surface area contributed by atoms with Gasteiger partial charge >= 0.3 is 0 Å². The van der Waals surface area contributed by atoms with Crippen molar-refractivity contribution >= 4 is 23.5 Å². The maximum Gasteiger partial charge on any atom is 0.274 e. The van der Waals surface area contributed by atoms with E-state index in [-0.39, 0.29) is 5.91 Å². The number of pyridine rings is 1. The smallest absolute Gasteiger partial charge is 0.274 e. The summed E-state index contributed by atoms with van der Waals surface area (Å²) in [5, 5.41) is 13.1. The van der Waals surface area contributed by atoms with E-state index in [0.717, 1.165) is 49.6 Å². The second-order valence-electron chi connectivity index (χ2n) is 7.13. The van der Waals surface area contributed by atoms with Crippen LogP contribution in [0.25, 0.3) is 6.08 Å². The lowest BCUT2D eigenvalue weighted by atomic mass is 10.1. The van der Waals surface area contributed by atoms with Crippen LogP contribution in [0.2, 0.25) is 0 Å². The van der Waals surface area contributed by atoms with Crippen LogP contribution in [0.3, 0.4) is 0 Å². The van der Waals surface area contributed by atoms with E-state index < -0.39 is 0 Å². The van der Waals surface area contributed by atoms with Gasteiger partial charge in [0.15, 0.2) is 0 Å². The van der Waals surface area contributed by atoms with Gasteiger partial charge in [-0.3, -0.25) is 9.89 Å². The molecule has 1 amide bonds. The lowest BCUT2D eigenvalue weighted by Crippen LogP contribution is -2.43. The van der Waals surface area contributed by atoms with Gasteiger partial charge in [0.1, 0.15) is 11.5 Å². The Bertz CT molecular complexity index is 962. The predicted octanol–water partition coefficient (Wildman–Crippen LogP) is 3.95. The summed E-state index contributed by atoms with van der Waals surface area (Å²) in [5.41, 5.74) is 2.86. The first-order valence-corrected chi connectivity index (χ1v) is 10.6. The number of rotatable bonds is 8. The predicted molar refractivity (Wildman–Crippen MR) is 127 cm³/mol. The molecule has 3 heterocycles. The minimum atomic E-state index is -0.251. The molecule has 1 aliphatic heterocycles. The molecule has 0 aliphatic carbocycles. The Kier molecular flexibility index (Phi) is 8.37. The minimum absolute atomic E-state index is 0.251. The lowest BCUT2D eigenvalue weighted by Gasteiger charge is -2.28. The van der Waals surface area contributed by atoms with Crippen molar-refractivity contribution in [1.29, 1.82) is 0 Å². The van der Waals surface area contributed by atoms with Crippen molar-refractivity contribution in [2.24, 2.45) is 0 Å². The van der Waals surface area contributed by atoms with Crippen molar-refractivity contribution in [1.82, 2.24) is 20.5 Å². The fraction of sp³-hybridized carbons (Fsp3) is 0.292. The highest BCUT2D eigenvalue weighted by atomic mass is 16.1. The monoisotopic (exact) mass is 418 g/mol. The van der Waals surface area contributed by atoms with E-state index in [0.29, 0.717) is 11.4 Å². The molecule has 1 saturated heterocycles. The number of aromatic nitrogens is 3. The van der Waals surface area contributed by atoms with Gasteiger partial charge in [-0.05, 0) is 31.1 Å². The van der Waals surface area contributed by atoms with Crippen molar-refractivity contribution in [2.75, 3.05) is 36.4 Å². The van der Waals surface area contributed by atoms with Gasteiger partial charge in [0.2, 0.25) is 0 Å². The summed E-state index contributed by atoms with van der Waals surface area (Å²) < 4.78 is 0. The fourth-order valence-corrected chi connectivity index (χ4v) is 3.23. The molecule has 3 N–H and O–H groups in total. The van der Waals surface area contributed by atoms with Gasteiger partial charge < -0.3 is 15.5 Å². The Morgan fingerprint density at radius 1 is 1.19 bits per heavy atom. The molecular weight excluding hydrogens is 388 g/mol. The molecule has 2 aromatic rings. The molecule has 3 rings (SSSR count). The van der Waals surface area contributed by atoms with Gasteiger partial charge in [-0.15, -0.1) is 0 Å². The molecule has 7 heteroatoms. The van der Waals surface area contributed by atoms with Crippen molar-refractivity contribution in [2.45, 2.75) is 20.3 Å². The number of amides is 1. The zero-order valence-electron chi connectivity index (χ0n) is 18.1. The highest BCUT2D eigenvalue weighted by molar-refractivity contribution is 6.05. The molecule has 1 fully saturated rings. The average Bonchev–Trinajstić information content (AvgIpc) is 3.27. The molecule has 0 spiro atoms. The minimum Gasteiger partial charge on any atom is -0.354 e. The summed E-state index contributed by atoms with van der Waals surface area (Å²) in [4.78, 5) is 19.5. The largest absolute Gasteiger partial charge is 0.354 e. The Labute approximate surface area is 183 Å². The van der Waals surface area contributed by atoms with Crippen LogP contribution in [0.4, 0.5) is 11.5 Å². The van der Waals surface area contributed by atoms with Gasteiger partial charge in [-0.1, -0.05) is 49.5 Å². The van der Waals surface area contributed by atoms with Gasteiger partial charge in [0.25, 0.3) is 5.91 Å². The maximum atomic E-state index is 12.8. The molecule has 162 valence electrons. The number of hydrogen-bond donors (Lipinski definition) is 3. The van der Waals surface area contributed by atoms with Crippen LogP contribution in [-0.4, -0.2) is 47.3 Å². The number of nitrogens with one attached hydrogen (secondary N) is 3. The van der Waals surface area contributed by atoms with E-state index in [1.165, 1.54) is 0 Å². The second kappa shape index (κ2) is 11.7. The molecule has 0 radical (unpaired) electrons. The van der Waals surface area contributed by atoms with Crippen LogP contribution in [0, 0.1) is 0 Å². The van der Waals surface area contributed by atoms with Crippen molar-refractivity contribution in [3.05, 3.63) is 77.8 Å². The molecule has 0 saturated carbocycles. The molecule has 0 aromatic carbocycles. The summed E-state index contributed by atoms with van der Waals surface area (Å²) >= 11 is 0. The Balaban J connectivity index is 1.66. The van der Waals surface area contributed by atoms with Crippen LogP contribution >= 0.6 is 0 Å². The summed E-state index contributed by atoms with van der Waals surface area (Å²) in [6.07, 6.45) is 18.3. The number of carbonyl (C=O) groups excluding carboxylic acids is 1. The molecule has 7 nitrogen and oxygen atoms in total. The van der Waals surface area contributed by atoms with Crippen LogP contribution in [0.15, 0.2) is 66.6 Å². The summed E-state index contributed by atoms with van der Waals surface area (Å²) in [5.74, 6) is 0.672. The topological polar surface area (TPSA) is 85.9 Å². The lowest BCUT2D eigenvalue weighted by molar-refractivity contribution is 0.102. The summed E-state index contributed by atoms with van der Waals surface area (Å²) in [6, 6.07) is 3.82. The normalized spacial score (nSPS) is 15.4. The van der Waals surface area contributed by atoms with Crippen molar-refractivity contribution < 1.29 is 4.79 Å². The fourth-order valence-electron chi connectivity index (χ4n) is 3.23. The molecule has 31 heavy (non-hydrogen) atoms. The Morgan fingerprint density at radius 3 is 2.74 bits per heavy atom. The number of nitrogens with zero attached hydrogens (tertiary/aromatic N) is 3. The quantitative estimate of drug-likeness (QED) is 0.565. The van der Waals surface area contributed by atoms with Crippen LogP contribution in [-0.2, 0) is 0 Å². The number of anilines is 2. The van der Waals surface area contributed by atoms with Crippen LogP contribution < -0.4 is 15.5 Å². The van der Waals surface area contributed by atoms with Crippen LogP contribution in [0.1, 0.15) is 36.3 Å². The van der Waals surface area contributed by atoms with E-state index in [2.05, 4.69) is 43.7 Å². The third-order valence-corrected chi connectivity index (χ3v) is 4.83. The first kappa shape index (κ1) is 22.2. The Morgan fingerprint density at radius 2 is 2.03 bits per heavy atom. The number of allylic oxidation sites excluding steroid dienone is 7. The van der Waals surface area contributed by atoms with E-state index in [9.17, 15) is 4.79 Å². The third kappa shape index (κ3) is 6.52. The van der Waals surface area contributed by atoms with Crippen molar-refractivity contribution in [3.63, 3.8) is 0 Å². The zero-order chi connectivity index (χ0) is 21.9. The Hall–Kier alpha value is -3.45. The van der Waals surface area contributed by atoms with Gasteiger partial charge in [-0.25, -0.2) is 4.98 Å². The summed E-state index contributed by atoms with van der Waals surface area (Å²) in [6.45, 7) is 7.85. The number of piperazine rings is 1. The van der Waals surface area contributed by atoms with E-state index in [4.69, 9.17) is 0 Å². The highest BCUT2D eigenvalue weighted by Crippen LogP contribution is 2.17. The summed E-state index contributed by atoms with van der Waals surface area (Å²) in [7, 11) is 0. The first-order chi connectivity index (χ1) is 15.2. The molecule has 0 atom stereocenters. The number of carbonyl (C=O) groups is 1. The first-order valence-electron chi connectivity index (χ1n) is 10.6. The number of hydrogen-bond acceptors (Lipinski definition) is 5. The molecule has 0 unspecified atom stereocenters. The average molecular weight is 419 g/mol. The van der Waals surface area contributed by atoms with Crippen LogP contribution in [0.5, 0.6) is 0 Å². The van der Waals surface area contributed by atoms with Crippen molar-refractivity contribution in [3.8, 4) is 0 Å².